The van der Waals surface area contributed by atoms with Crippen molar-refractivity contribution < 1.29 is 4.79 Å². The van der Waals surface area contributed by atoms with Crippen LogP contribution in [0.2, 0.25) is 0 Å². The zero-order valence-corrected chi connectivity index (χ0v) is 15.3. The molecule has 1 atom stereocenters. The quantitative estimate of drug-likeness (QED) is 0.735. The lowest BCUT2D eigenvalue weighted by atomic mass is 9.99. The van der Waals surface area contributed by atoms with Gasteiger partial charge in [-0.05, 0) is 35.6 Å². The van der Waals surface area contributed by atoms with Crippen LogP contribution in [0.5, 0.6) is 0 Å². The van der Waals surface area contributed by atoms with Gasteiger partial charge in [0, 0.05) is 10.9 Å². The highest BCUT2D eigenvalue weighted by atomic mass is 35.5. The van der Waals surface area contributed by atoms with Crippen molar-refractivity contribution in [2.45, 2.75) is 31.7 Å². The molecule has 1 heterocycles. The average Bonchev–Trinajstić information content (AvgIpc) is 2.96. The number of nitrogens with zero attached hydrogens (tertiary/aromatic N) is 1. The van der Waals surface area contributed by atoms with E-state index in [4.69, 9.17) is 5.73 Å². The van der Waals surface area contributed by atoms with Gasteiger partial charge in [-0.3, -0.25) is 4.79 Å². The number of carbonyl (C=O) groups is 1. The molecular formula is C19H20ClN3OS. The van der Waals surface area contributed by atoms with Crippen molar-refractivity contribution in [2.75, 3.05) is 5.32 Å². The Labute approximate surface area is 156 Å². The van der Waals surface area contributed by atoms with Gasteiger partial charge >= 0.3 is 0 Å². The van der Waals surface area contributed by atoms with Gasteiger partial charge in [-0.25, -0.2) is 4.98 Å². The number of anilines is 1. The molecule has 1 aromatic heterocycles. The Hall–Kier alpha value is -1.95. The molecule has 130 valence electrons. The first-order valence-corrected chi connectivity index (χ1v) is 9.01. The van der Waals surface area contributed by atoms with Crippen LogP contribution in [0.1, 0.15) is 22.6 Å². The molecule has 0 fully saturated rings. The number of hydrogen-bond donors (Lipinski definition) is 2. The summed E-state index contributed by atoms with van der Waals surface area (Å²) in [5.74, 6) is -0.0262. The van der Waals surface area contributed by atoms with Crippen LogP contribution in [0, 0.1) is 0 Å². The molecule has 0 radical (unpaired) electrons. The van der Waals surface area contributed by atoms with E-state index >= 15 is 0 Å². The van der Waals surface area contributed by atoms with E-state index in [0.717, 1.165) is 41.3 Å². The molecule has 0 saturated carbocycles. The second-order valence-corrected chi connectivity index (χ2v) is 7.34. The minimum absolute atomic E-state index is 0. The molecule has 0 spiro atoms. The van der Waals surface area contributed by atoms with E-state index in [9.17, 15) is 4.79 Å². The number of benzene rings is 2. The number of halogens is 1. The van der Waals surface area contributed by atoms with Crippen molar-refractivity contribution >= 4 is 45.6 Å². The Morgan fingerprint density at radius 1 is 1.24 bits per heavy atom. The number of hydrogen-bond acceptors (Lipinski definition) is 4. The van der Waals surface area contributed by atoms with E-state index < -0.39 is 0 Å². The number of aromatic nitrogens is 1. The van der Waals surface area contributed by atoms with Crippen molar-refractivity contribution in [3.05, 3.63) is 58.6 Å². The normalized spacial score (nSPS) is 16.1. The molecule has 0 unspecified atom stereocenters. The van der Waals surface area contributed by atoms with Crippen molar-refractivity contribution in [3.8, 4) is 0 Å². The summed E-state index contributed by atoms with van der Waals surface area (Å²) < 4.78 is 0. The van der Waals surface area contributed by atoms with Gasteiger partial charge in [0.05, 0.1) is 12.1 Å². The van der Waals surface area contributed by atoms with E-state index in [0.29, 0.717) is 11.6 Å². The number of thiazole rings is 1. The maximum absolute atomic E-state index is 12.4. The summed E-state index contributed by atoms with van der Waals surface area (Å²) in [4.78, 5) is 18.2. The second-order valence-electron chi connectivity index (χ2n) is 6.25. The number of nitrogens with one attached hydrogen (secondary N) is 1. The van der Waals surface area contributed by atoms with E-state index in [2.05, 4.69) is 28.5 Å². The number of nitrogens with two attached hydrogens (primary N) is 1. The molecule has 1 aliphatic carbocycles. The molecule has 3 N–H and O–H groups in total. The van der Waals surface area contributed by atoms with Gasteiger partial charge < -0.3 is 11.1 Å². The third-order valence-electron chi connectivity index (χ3n) is 4.46. The first-order chi connectivity index (χ1) is 11.7. The third kappa shape index (κ3) is 3.84. The standard InChI is InChI=1S/C19H19N3OS.ClH/c20-14-8-9-16-17(11-14)24-19(21-16)22-18(23)10-13-6-3-5-12-4-1-2-7-15(12)13;/h1-7,14H,8-11,20H2,(H,21,22,23);1H/t14-;/m0./s1. The molecule has 4 rings (SSSR count). The Balaban J connectivity index is 0.00000182. The number of amides is 1. The monoisotopic (exact) mass is 373 g/mol. The SMILES string of the molecule is Cl.N[C@H]1CCc2nc(NC(=O)Cc3cccc4ccccc34)sc2C1. The lowest BCUT2D eigenvalue weighted by molar-refractivity contribution is -0.115. The molecule has 0 saturated heterocycles. The van der Waals surface area contributed by atoms with Gasteiger partial charge in [0.2, 0.25) is 5.91 Å². The fourth-order valence-electron chi connectivity index (χ4n) is 3.24. The number of carbonyl (C=O) groups excluding carboxylic acids is 1. The lowest BCUT2D eigenvalue weighted by Crippen LogP contribution is -2.27. The number of fused-ring (bicyclic) bond motifs is 2. The van der Waals surface area contributed by atoms with Gasteiger partial charge in [-0.2, -0.15) is 0 Å². The summed E-state index contributed by atoms with van der Waals surface area (Å²) in [5, 5.41) is 5.93. The zero-order valence-electron chi connectivity index (χ0n) is 13.7. The van der Waals surface area contributed by atoms with Gasteiger partial charge in [0.15, 0.2) is 5.13 Å². The van der Waals surface area contributed by atoms with E-state index in [1.165, 1.54) is 4.88 Å². The fourth-order valence-corrected chi connectivity index (χ4v) is 4.35. The van der Waals surface area contributed by atoms with Crippen LogP contribution in [-0.4, -0.2) is 16.9 Å². The Morgan fingerprint density at radius 3 is 2.92 bits per heavy atom. The summed E-state index contributed by atoms with van der Waals surface area (Å²) >= 11 is 1.56. The molecule has 2 aromatic carbocycles. The summed E-state index contributed by atoms with van der Waals surface area (Å²) in [5.41, 5.74) is 8.14. The predicted octanol–water partition coefficient (Wildman–Crippen LogP) is 3.72. The molecule has 1 amide bonds. The van der Waals surface area contributed by atoms with Gasteiger partial charge in [0.1, 0.15) is 0 Å². The molecule has 0 aliphatic heterocycles. The lowest BCUT2D eigenvalue weighted by Gasteiger charge is -2.15. The van der Waals surface area contributed by atoms with E-state index in [1.807, 2.05) is 24.3 Å². The molecule has 0 bridgehead atoms. The molecular weight excluding hydrogens is 354 g/mol. The van der Waals surface area contributed by atoms with Crippen molar-refractivity contribution in [3.63, 3.8) is 0 Å². The van der Waals surface area contributed by atoms with Crippen LogP contribution in [0.4, 0.5) is 5.13 Å². The van der Waals surface area contributed by atoms with Crippen LogP contribution in [-0.2, 0) is 24.1 Å². The van der Waals surface area contributed by atoms with Gasteiger partial charge in [0.25, 0.3) is 0 Å². The Morgan fingerprint density at radius 2 is 2.04 bits per heavy atom. The Bertz CT molecular complexity index is 903. The first kappa shape index (κ1) is 17.9. The predicted molar refractivity (Wildman–Crippen MR) is 106 cm³/mol. The van der Waals surface area contributed by atoms with Crippen molar-refractivity contribution in [1.29, 1.82) is 0 Å². The topological polar surface area (TPSA) is 68.0 Å². The zero-order chi connectivity index (χ0) is 16.5. The first-order valence-electron chi connectivity index (χ1n) is 8.19. The summed E-state index contributed by atoms with van der Waals surface area (Å²) in [6, 6.07) is 14.4. The minimum atomic E-state index is -0.0262. The van der Waals surface area contributed by atoms with Crippen LogP contribution in [0.3, 0.4) is 0 Å². The highest BCUT2D eigenvalue weighted by Gasteiger charge is 2.20. The van der Waals surface area contributed by atoms with Crippen molar-refractivity contribution in [2.24, 2.45) is 5.73 Å². The van der Waals surface area contributed by atoms with Crippen LogP contribution in [0.15, 0.2) is 42.5 Å². The van der Waals surface area contributed by atoms with Crippen LogP contribution in [0.25, 0.3) is 10.8 Å². The maximum Gasteiger partial charge on any atom is 0.230 e. The maximum atomic E-state index is 12.4. The molecule has 3 aromatic rings. The highest BCUT2D eigenvalue weighted by molar-refractivity contribution is 7.15. The minimum Gasteiger partial charge on any atom is -0.327 e. The molecule has 1 aliphatic rings. The van der Waals surface area contributed by atoms with Gasteiger partial charge in [-0.1, -0.05) is 42.5 Å². The number of aryl methyl sites for hydroxylation is 1. The Kier molecular flexibility index (Phi) is 5.37. The summed E-state index contributed by atoms with van der Waals surface area (Å²) in [7, 11) is 0. The summed E-state index contributed by atoms with van der Waals surface area (Å²) in [6.07, 6.45) is 3.10. The van der Waals surface area contributed by atoms with Gasteiger partial charge in [-0.15, -0.1) is 23.7 Å². The van der Waals surface area contributed by atoms with Crippen LogP contribution < -0.4 is 11.1 Å². The molecule has 4 nitrogen and oxygen atoms in total. The number of rotatable bonds is 3. The summed E-state index contributed by atoms with van der Waals surface area (Å²) in [6.45, 7) is 0. The van der Waals surface area contributed by atoms with Crippen molar-refractivity contribution in [1.82, 2.24) is 4.98 Å². The largest absolute Gasteiger partial charge is 0.327 e. The van der Waals surface area contributed by atoms with E-state index in [-0.39, 0.29) is 24.4 Å². The average molecular weight is 374 g/mol. The fraction of sp³-hybridized carbons (Fsp3) is 0.263. The second kappa shape index (κ2) is 7.52. The van der Waals surface area contributed by atoms with E-state index in [1.54, 1.807) is 11.3 Å². The van der Waals surface area contributed by atoms with Crippen LogP contribution >= 0.6 is 23.7 Å². The highest BCUT2D eigenvalue weighted by Crippen LogP contribution is 2.29. The molecule has 6 heteroatoms. The molecule has 25 heavy (non-hydrogen) atoms. The smallest absolute Gasteiger partial charge is 0.230 e. The third-order valence-corrected chi connectivity index (χ3v) is 5.49.